The minimum atomic E-state index is 0.0280. The minimum absolute atomic E-state index is 0.0280. The molecule has 110 valence electrons. The lowest BCUT2D eigenvalue weighted by atomic mass is 10.2. The van der Waals surface area contributed by atoms with Gasteiger partial charge >= 0.3 is 0 Å². The van der Waals surface area contributed by atoms with Crippen LogP contribution in [0.2, 0.25) is 0 Å². The van der Waals surface area contributed by atoms with Crippen molar-refractivity contribution in [3.8, 4) is 11.5 Å². The second-order valence-electron chi connectivity index (χ2n) is 4.46. The van der Waals surface area contributed by atoms with Gasteiger partial charge in [-0.25, -0.2) is 0 Å². The molecule has 2 N–H and O–H groups in total. The normalized spacial score (nSPS) is 12.4. The number of ether oxygens (including phenoxy) is 3. The predicted octanol–water partition coefficient (Wildman–Crippen LogP) is 0.658. The van der Waals surface area contributed by atoms with Crippen LogP contribution in [0.5, 0.6) is 11.5 Å². The van der Waals surface area contributed by atoms with Crippen molar-refractivity contribution in [3.63, 3.8) is 0 Å². The van der Waals surface area contributed by atoms with Crippen LogP contribution in [0.3, 0.4) is 0 Å². The molecular weight excluding hydrogens is 260 g/mol. The number of rotatable bonds is 8. The van der Waals surface area contributed by atoms with E-state index in [0.29, 0.717) is 32.7 Å². The largest absolute Gasteiger partial charge is 0.454 e. The number of nitrogens with one attached hydrogen (secondary N) is 2. The lowest BCUT2D eigenvalue weighted by Crippen LogP contribution is -2.29. The van der Waals surface area contributed by atoms with Crippen molar-refractivity contribution in [2.24, 2.45) is 0 Å². The summed E-state index contributed by atoms with van der Waals surface area (Å²) in [5, 5.41) is 6.00. The Bertz CT molecular complexity index is 451. The van der Waals surface area contributed by atoms with Crippen molar-refractivity contribution < 1.29 is 19.0 Å². The summed E-state index contributed by atoms with van der Waals surface area (Å²) in [6, 6.07) is 5.84. The molecule has 0 aliphatic carbocycles. The number of benzene rings is 1. The average Bonchev–Trinajstić information content (AvgIpc) is 2.91. The molecule has 0 fully saturated rings. The Balaban J connectivity index is 1.62. The topological polar surface area (TPSA) is 68.8 Å². The van der Waals surface area contributed by atoms with Crippen molar-refractivity contribution in [1.82, 2.24) is 10.6 Å². The molecule has 1 aliphatic heterocycles. The number of carbonyl (C=O) groups is 1. The Kier molecular flexibility index (Phi) is 5.64. The summed E-state index contributed by atoms with van der Waals surface area (Å²) in [7, 11) is 1.61. The van der Waals surface area contributed by atoms with Crippen LogP contribution in [-0.2, 0) is 16.1 Å². The standard InChI is InChI=1S/C14H20N2O4/c1-18-7-6-16-14(17)4-5-15-9-11-2-3-12-13(8-11)20-10-19-12/h2-3,8,15H,4-7,9-10H2,1H3,(H,16,17). The molecule has 2 rings (SSSR count). The molecule has 0 radical (unpaired) electrons. The lowest BCUT2D eigenvalue weighted by Gasteiger charge is -2.07. The maximum atomic E-state index is 11.4. The quantitative estimate of drug-likeness (QED) is 0.685. The number of methoxy groups -OCH3 is 1. The lowest BCUT2D eigenvalue weighted by molar-refractivity contribution is -0.121. The van der Waals surface area contributed by atoms with Crippen molar-refractivity contribution in [3.05, 3.63) is 23.8 Å². The summed E-state index contributed by atoms with van der Waals surface area (Å²) in [5.74, 6) is 1.59. The highest BCUT2D eigenvalue weighted by molar-refractivity contribution is 5.76. The zero-order valence-corrected chi connectivity index (χ0v) is 11.6. The van der Waals surface area contributed by atoms with Crippen LogP contribution in [0.15, 0.2) is 18.2 Å². The van der Waals surface area contributed by atoms with Gasteiger partial charge in [-0.2, -0.15) is 0 Å². The summed E-state index contributed by atoms with van der Waals surface area (Å²) in [4.78, 5) is 11.4. The molecule has 0 saturated carbocycles. The van der Waals surface area contributed by atoms with Gasteiger partial charge in [0.15, 0.2) is 11.5 Å². The third kappa shape index (κ3) is 4.40. The van der Waals surface area contributed by atoms with Crippen molar-refractivity contribution in [1.29, 1.82) is 0 Å². The highest BCUT2D eigenvalue weighted by Gasteiger charge is 2.12. The number of amides is 1. The Morgan fingerprint density at radius 1 is 1.30 bits per heavy atom. The Morgan fingerprint density at radius 2 is 2.15 bits per heavy atom. The summed E-state index contributed by atoms with van der Waals surface area (Å²) in [5.41, 5.74) is 1.11. The van der Waals surface area contributed by atoms with E-state index >= 15 is 0 Å². The molecule has 20 heavy (non-hydrogen) atoms. The summed E-state index contributed by atoms with van der Waals surface area (Å²) >= 11 is 0. The average molecular weight is 280 g/mol. The van der Waals surface area contributed by atoms with Gasteiger partial charge in [-0.05, 0) is 17.7 Å². The third-order valence-corrected chi connectivity index (χ3v) is 2.92. The summed E-state index contributed by atoms with van der Waals surface area (Å²) in [6.45, 7) is 2.71. The van der Waals surface area contributed by atoms with Gasteiger partial charge in [0.2, 0.25) is 12.7 Å². The van der Waals surface area contributed by atoms with Gasteiger partial charge in [0.1, 0.15) is 0 Å². The van der Waals surface area contributed by atoms with Crippen molar-refractivity contribution in [2.45, 2.75) is 13.0 Å². The summed E-state index contributed by atoms with van der Waals surface area (Å²) < 4.78 is 15.4. The molecular formula is C14H20N2O4. The molecule has 0 bridgehead atoms. The summed E-state index contributed by atoms with van der Waals surface area (Å²) in [6.07, 6.45) is 0.453. The first-order valence-electron chi connectivity index (χ1n) is 6.64. The van der Waals surface area contributed by atoms with Crippen LogP contribution in [0, 0.1) is 0 Å². The second-order valence-corrected chi connectivity index (χ2v) is 4.46. The number of carbonyl (C=O) groups excluding carboxylic acids is 1. The van der Waals surface area contributed by atoms with E-state index in [-0.39, 0.29) is 12.7 Å². The monoisotopic (exact) mass is 280 g/mol. The van der Waals surface area contributed by atoms with Crippen LogP contribution in [0.4, 0.5) is 0 Å². The molecule has 0 atom stereocenters. The van der Waals surface area contributed by atoms with Crippen LogP contribution >= 0.6 is 0 Å². The van der Waals surface area contributed by atoms with Gasteiger partial charge in [-0.3, -0.25) is 4.79 Å². The number of hydrogen-bond donors (Lipinski definition) is 2. The molecule has 0 saturated heterocycles. The molecule has 1 heterocycles. The van der Waals surface area contributed by atoms with E-state index in [1.807, 2.05) is 18.2 Å². The van der Waals surface area contributed by atoms with E-state index in [1.54, 1.807) is 7.11 Å². The fourth-order valence-corrected chi connectivity index (χ4v) is 1.87. The molecule has 1 amide bonds. The van der Waals surface area contributed by atoms with Crippen LogP contribution < -0.4 is 20.1 Å². The fraction of sp³-hybridized carbons (Fsp3) is 0.500. The first kappa shape index (κ1) is 14.6. The molecule has 0 unspecified atom stereocenters. The van der Waals surface area contributed by atoms with E-state index in [4.69, 9.17) is 14.2 Å². The van der Waals surface area contributed by atoms with Crippen molar-refractivity contribution in [2.75, 3.05) is 33.6 Å². The van der Waals surface area contributed by atoms with Gasteiger partial charge in [0.05, 0.1) is 6.61 Å². The zero-order valence-electron chi connectivity index (χ0n) is 11.6. The van der Waals surface area contributed by atoms with E-state index in [1.165, 1.54) is 0 Å². The molecule has 1 aromatic carbocycles. The second kappa shape index (κ2) is 7.72. The fourth-order valence-electron chi connectivity index (χ4n) is 1.87. The Morgan fingerprint density at radius 3 is 3.00 bits per heavy atom. The first-order valence-corrected chi connectivity index (χ1v) is 6.64. The zero-order chi connectivity index (χ0) is 14.2. The molecule has 1 aromatic rings. The first-order chi connectivity index (χ1) is 9.79. The van der Waals surface area contributed by atoms with E-state index < -0.39 is 0 Å². The SMILES string of the molecule is COCCNC(=O)CCNCc1ccc2c(c1)OCO2. The van der Waals surface area contributed by atoms with E-state index in [0.717, 1.165) is 17.1 Å². The minimum Gasteiger partial charge on any atom is -0.454 e. The van der Waals surface area contributed by atoms with Gasteiger partial charge < -0.3 is 24.8 Å². The molecule has 1 aliphatic rings. The van der Waals surface area contributed by atoms with Gasteiger partial charge in [-0.1, -0.05) is 6.07 Å². The maximum Gasteiger partial charge on any atom is 0.231 e. The number of fused-ring (bicyclic) bond motifs is 1. The van der Waals surface area contributed by atoms with E-state index in [2.05, 4.69) is 10.6 Å². The Labute approximate surface area is 118 Å². The van der Waals surface area contributed by atoms with Gasteiger partial charge in [-0.15, -0.1) is 0 Å². The molecule has 0 aromatic heterocycles. The smallest absolute Gasteiger partial charge is 0.231 e. The van der Waals surface area contributed by atoms with Crippen LogP contribution in [-0.4, -0.2) is 39.5 Å². The maximum absolute atomic E-state index is 11.4. The van der Waals surface area contributed by atoms with Gasteiger partial charge in [0.25, 0.3) is 0 Å². The van der Waals surface area contributed by atoms with E-state index in [9.17, 15) is 4.79 Å². The van der Waals surface area contributed by atoms with Crippen LogP contribution in [0.25, 0.3) is 0 Å². The van der Waals surface area contributed by atoms with Crippen molar-refractivity contribution >= 4 is 5.91 Å². The molecule has 0 spiro atoms. The highest BCUT2D eigenvalue weighted by atomic mass is 16.7. The predicted molar refractivity (Wildman–Crippen MR) is 73.8 cm³/mol. The van der Waals surface area contributed by atoms with Crippen LogP contribution in [0.1, 0.15) is 12.0 Å². The Hall–Kier alpha value is -1.79. The third-order valence-electron chi connectivity index (χ3n) is 2.92. The molecule has 6 nitrogen and oxygen atoms in total. The highest BCUT2D eigenvalue weighted by Crippen LogP contribution is 2.32. The van der Waals surface area contributed by atoms with Gasteiger partial charge in [0, 0.05) is 33.2 Å². The number of hydrogen-bond acceptors (Lipinski definition) is 5. The molecule has 6 heteroatoms.